The first-order valence-corrected chi connectivity index (χ1v) is 8.01. The number of guanidine groups is 1. The molecule has 0 aliphatic rings. The van der Waals surface area contributed by atoms with Crippen LogP contribution in [0.3, 0.4) is 0 Å². The number of nitrogens with zero attached hydrogens (tertiary/aromatic N) is 1. The van der Waals surface area contributed by atoms with Gasteiger partial charge in [0.05, 0.1) is 0 Å². The normalized spacial score (nSPS) is 11.5. The largest absolute Gasteiger partial charge is 0.385 e. The zero-order valence-electron chi connectivity index (χ0n) is 13.7. The summed E-state index contributed by atoms with van der Waals surface area (Å²) in [5, 5.41) is 6.50. The summed E-state index contributed by atoms with van der Waals surface area (Å²) in [5.74, 6) is 0.639. The molecule has 0 heterocycles. The topological polar surface area (TPSA) is 45.7 Å². The second-order valence-corrected chi connectivity index (χ2v) is 5.12. The smallest absolute Gasteiger partial charge is 0.191 e. The summed E-state index contributed by atoms with van der Waals surface area (Å²) in [5.41, 5.74) is 0.989. The van der Waals surface area contributed by atoms with Crippen molar-refractivity contribution < 1.29 is 9.13 Å². The van der Waals surface area contributed by atoms with Crippen LogP contribution in [0.4, 0.5) is 4.39 Å². The van der Waals surface area contributed by atoms with Crippen LogP contribution in [0.2, 0.25) is 0 Å². The molecule has 1 rings (SSSR count). The number of aliphatic imine (C=N–C) groups is 1. The number of nitrogens with one attached hydrogen (secondary N) is 2. The summed E-state index contributed by atoms with van der Waals surface area (Å²) in [7, 11) is 1.73. The van der Waals surface area contributed by atoms with Crippen molar-refractivity contribution in [2.24, 2.45) is 4.99 Å². The van der Waals surface area contributed by atoms with Gasteiger partial charge in [-0.15, -0.1) is 0 Å². The Kier molecular flexibility index (Phi) is 10.0. The van der Waals surface area contributed by atoms with Crippen molar-refractivity contribution in [3.8, 4) is 0 Å². The molecule has 0 aromatic heterocycles. The van der Waals surface area contributed by atoms with Crippen LogP contribution in [-0.4, -0.2) is 39.3 Å². The second-order valence-electron chi connectivity index (χ2n) is 5.12. The van der Waals surface area contributed by atoms with E-state index in [4.69, 9.17) is 4.74 Å². The highest BCUT2D eigenvalue weighted by molar-refractivity contribution is 5.79. The lowest BCUT2D eigenvalue weighted by atomic mass is 10.1. The van der Waals surface area contributed by atoms with Gasteiger partial charge < -0.3 is 15.4 Å². The van der Waals surface area contributed by atoms with Crippen LogP contribution in [0.5, 0.6) is 0 Å². The second kappa shape index (κ2) is 12.0. The number of benzene rings is 1. The molecule has 124 valence electrons. The Morgan fingerprint density at radius 1 is 1.23 bits per heavy atom. The molecule has 1 aromatic rings. The van der Waals surface area contributed by atoms with Crippen LogP contribution < -0.4 is 10.6 Å². The summed E-state index contributed by atoms with van der Waals surface area (Å²) in [6.07, 6.45) is 4.04. The van der Waals surface area contributed by atoms with Gasteiger partial charge in [-0.25, -0.2) is 4.39 Å². The monoisotopic (exact) mass is 309 g/mol. The van der Waals surface area contributed by atoms with Gasteiger partial charge in [-0.2, -0.15) is 0 Å². The molecule has 0 fully saturated rings. The number of rotatable bonds is 10. The van der Waals surface area contributed by atoms with E-state index in [0.717, 1.165) is 63.4 Å². The molecule has 0 spiro atoms. The van der Waals surface area contributed by atoms with Crippen molar-refractivity contribution >= 4 is 5.96 Å². The van der Waals surface area contributed by atoms with E-state index in [1.807, 2.05) is 13.0 Å². The van der Waals surface area contributed by atoms with Crippen LogP contribution in [-0.2, 0) is 11.2 Å². The molecular formula is C17H28FN3O. The lowest BCUT2D eigenvalue weighted by molar-refractivity contribution is 0.192. The van der Waals surface area contributed by atoms with Crippen molar-refractivity contribution in [1.29, 1.82) is 0 Å². The van der Waals surface area contributed by atoms with Crippen molar-refractivity contribution in [3.05, 3.63) is 35.6 Å². The molecule has 0 bridgehead atoms. The zero-order chi connectivity index (χ0) is 16.0. The first-order chi connectivity index (χ1) is 10.8. The lowest BCUT2D eigenvalue weighted by Crippen LogP contribution is -2.38. The van der Waals surface area contributed by atoms with E-state index in [0.29, 0.717) is 0 Å². The third-order valence-electron chi connectivity index (χ3n) is 3.22. The van der Waals surface area contributed by atoms with Gasteiger partial charge in [0.1, 0.15) is 5.82 Å². The zero-order valence-corrected chi connectivity index (χ0v) is 13.7. The molecule has 4 nitrogen and oxygen atoms in total. The van der Waals surface area contributed by atoms with Gasteiger partial charge in [0.2, 0.25) is 0 Å². The van der Waals surface area contributed by atoms with E-state index >= 15 is 0 Å². The Labute approximate surface area is 133 Å². The Bertz CT molecular complexity index is 438. The fraction of sp³-hybridized carbons (Fsp3) is 0.588. The fourth-order valence-corrected chi connectivity index (χ4v) is 2.09. The van der Waals surface area contributed by atoms with Gasteiger partial charge in [0.25, 0.3) is 0 Å². The molecule has 0 radical (unpaired) electrons. The SMILES string of the molecule is CCNC(=NCCCCCOC)NCCc1cccc(F)c1. The van der Waals surface area contributed by atoms with Gasteiger partial charge in [-0.3, -0.25) is 4.99 Å². The van der Waals surface area contributed by atoms with Crippen LogP contribution in [0.1, 0.15) is 31.7 Å². The molecular weight excluding hydrogens is 281 g/mol. The Morgan fingerprint density at radius 3 is 2.82 bits per heavy atom. The first kappa shape index (κ1) is 18.4. The molecule has 5 heteroatoms. The highest BCUT2D eigenvalue weighted by Crippen LogP contribution is 2.03. The molecule has 2 N–H and O–H groups in total. The molecule has 1 aromatic carbocycles. The highest BCUT2D eigenvalue weighted by Gasteiger charge is 1.99. The van der Waals surface area contributed by atoms with E-state index in [1.165, 1.54) is 6.07 Å². The number of hydrogen-bond donors (Lipinski definition) is 2. The number of hydrogen-bond acceptors (Lipinski definition) is 2. The molecule has 22 heavy (non-hydrogen) atoms. The van der Waals surface area contributed by atoms with Crippen LogP contribution in [0.25, 0.3) is 0 Å². The predicted octanol–water partition coefficient (Wildman–Crippen LogP) is 2.74. The minimum Gasteiger partial charge on any atom is -0.385 e. The number of ether oxygens (including phenoxy) is 1. The maximum Gasteiger partial charge on any atom is 0.191 e. The molecule has 0 atom stereocenters. The fourth-order valence-electron chi connectivity index (χ4n) is 2.09. The van der Waals surface area contributed by atoms with Crippen LogP contribution >= 0.6 is 0 Å². The molecule has 0 saturated carbocycles. The summed E-state index contributed by atoms with van der Waals surface area (Å²) in [6.45, 7) is 5.23. The van der Waals surface area contributed by atoms with Gasteiger partial charge in [-0.05, 0) is 50.3 Å². The summed E-state index contributed by atoms with van der Waals surface area (Å²) >= 11 is 0. The Balaban J connectivity index is 2.27. The van der Waals surface area contributed by atoms with E-state index in [2.05, 4.69) is 15.6 Å². The summed E-state index contributed by atoms with van der Waals surface area (Å²) in [6, 6.07) is 6.71. The lowest BCUT2D eigenvalue weighted by Gasteiger charge is -2.11. The van der Waals surface area contributed by atoms with E-state index in [-0.39, 0.29) is 5.82 Å². The van der Waals surface area contributed by atoms with Gasteiger partial charge >= 0.3 is 0 Å². The molecule has 0 aliphatic carbocycles. The van der Waals surface area contributed by atoms with Gasteiger partial charge in [-0.1, -0.05) is 12.1 Å². The average Bonchev–Trinajstić information content (AvgIpc) is 2.51. The third kappa shape index (κ3) is 8.62. The first-order valence-electron chi connectivity index (χ1n) is 8.01. The van der Waals surface area contributed by atoms with Crippen molar-refractivity contribution in [2.45, 2.75) is 32.6 Å². The van der Waals surface area contributed by atoms with Gasteiger partial charge in [0, 0.05) is 33.4 Å². The molecule has 0 aliphatic heterocycles. The van der Waals surface area contributed by atoms with E-state index < -0.39 is 0 Å². The third-order valence-corrected chi connectivity index (χ3v) is 3.22. The van der Waals surface area contributed by atoms with E-state index in [9.17, 15) is 4.39 Å². The van der Waals surface area contributed by atoms with Gasteiger partial charge in [0.15, 0.2) is 5.96 Å². The summed E-state index contributed by atoms with van der Waals surface area (Å²) < 4.78 is 18.1. The van der Waals surface area contributed by atoms with E-state index in [1.54, 1.807) is 19.2 Å². The number of unbranched alkanes of at least 4 members (excludes halogenated alkanes) is 2. The number of methoxy groups -OCH3 is 1. The average molecular weight is 309 g/mol. The maximum atomic E-state index is 13.1. The minimum absolute atomic E-state index is 0.186. The van der Waals surface area contributed by atoms with Crippen molar-refractivity contribution in [1.82, 2.24) is 10.6 Å². The Morgan fingerprint density at radius 2 is 2.09 bits per heavy atom. The highest BCUT2D eigenvalue weighted by atomic mass is 19.1. The molecule has 0 unspecified atom stereocenters. The van der Waals surface area contributed by atoms with Crippen LogP contribution in [0, 0.1) is 5.82 Å². The van der Waals surface area contributed by atoms with Crippen LogP contribution in [0.15, 0.2) is 29.3 Å². The molecule has 0 saturated heterocycles. The van der Waals surface area contributed by atoms with Crippen molar-refractivity contribution in [3.63, 3.8) is 0 Å². The molecule has 0 amide bonds. The maximum absolute atomic E-state index is 13.1. The number of halogens is 1. The minimum atomic E-state index is -0.186. The summed E-state index contributed by atoms with van der Waals surface area (Å²) in [4.78, 5) is 4.54. The Hall–Kier alpha value is -1.62. The standard InChI is InChI=1S/C17H28FN3O/c1-3-19-17(20-11-5-4-6-13-22-2)21-12-10-15-8-7-9-16(18)14-15/h7-9,14H,3-6,10-13H2,1-2H3,(H2,19,20,21). The van der Waals surface area contributed by atoms with Crippen molar-refractivity contribution in [2.75, 3.05) is 33.4 Å². The predicted molar refractivity (Wildman–Crippen MR) is 89.8 cm³/mol. The quantitative estimate of drug-likeness (QED) is 0.397.